The van der Waals surface area contributed by atoms with Crippen LogP contribution in [0.2, 0.25) is 0 Å². The fourth-order valence-electron chi connectivity index (χ4n) is 2.11. The minimum atomic E-state index is -0.540. The predicted octanol–water partition coefficient (Wildman–Crippen LogP) is 0.530. The van der Waals surface area contributed by atoms with Crippen molar-refractivity contribution in [2.75, 3.05) is 19.6 Å². The molecular formula is C13H17N3O2. The third-order valence-electron chi connectivity index (χ3n) is 3.17. The highest BCUT2D eigenvalue weighted by atomic mass is 16.2. The molecule has 1 atom stereocenters. The van der Waals surface area contributed by atoms with E-state index < -0.39 is 12.1 Å². The minimum Gasteiger partial charge on any atom is -0.351 e. The lowest BCUT2D eigenvalue weighted by Crippen LogP contribution is -2.58. The highest BCUT2D eigenvalue weighted by Crippen LogP contribution is 2.12. The van der Waals surface area contributed by atoms with E-state index in [4.69, 9.17) is 5.73 Å². The summed E-state index contributed by atoms with van der Waals surface area (Å²) < 4.78 is 0. The number of benzene rings is 1. The Labute approximate surface area is 106 Å². The topological polar surface area (TPSA) is 75.4 Å². The summed E-state index contributed by atoms with van der Waals surface area (Å²) in [6.45, 7) is 3.56. The SMILES string of the molecule is Cc1ccc(C(=O)C2CNCCN2C(N)=O)cc1. The van der Waals surface area contributed by atoms with Gasteiger partial charge in [0, 0.05) is 25.2 Å². The molecule has 1 aromatic rings. The number of carbonyl (C=O) groups excluding carboxylic acids is 2. The highest BCUT2D eigenvalue weighted by molar-refractivity contribution is 6.02. The van der Waals surface area contributed by atoms with E-state index in [0.717, 1.165) is 5.56 Å². The average Bonchev–Trinajstić information content (AvgIpc) is 2.39. The molecule has 1 saturated heterocycles. The molecule has 18 heavy (non-hydrogen) atoms. The average molecular weight is 247 g/mol. The zero-order chi connectivity index (χ0) is 13.1. The summed E-state index contributed by atoms with van der Waals surface area (Å²) in [5.74, 6) is -0.0685. The van der Waals surface area contributed by atoms with Crippen molar-refractivity contribution >= 4 is 11.8 Å². The molecule has 0 aliphatic carbocycles. The Kier molecular flexibility index (Phi) is 3.62. The quantitative estimate of drug-likeness (QED) is 0.748. The molecule has 5 nitrogen and oxygen atoms in total. The Morgan fingerprint density at radius 1 is 1.33 bits per heavy atom. The summed E-state index contributed by atoms with van der Waals surface area (Å²) in [5.41, 5.74) is 7.01. The number of nitrogens with zero attached hydrogens (tertiary/aromatic N) is 1. The van der Waals surface area contributed by atoms with Gasteiger partial charge in [0.15, 0.2) is 5.78 Å². The summed E-state index contributed by atoms with van der Waals surface area (Å²) in [6.07, 6.45) is 0. The van der Waals surface area contributed by atoms with Crippen molar-refractivity contribution in [3.8, 4) is 0 Å². The zero-order valence-electron chi connectivity index (χ0n) is 10.3. The van der Waals surface area contributed by atoms with Gasteiger partial charge in [0.25, 0.3) is 0 Å². The Bertz CT molecular complexity index is 456. The van der Waals surface area contributed by atoms with Crippen LogP contribution in [0.4, 0.5) is 4.79 Å². The van der Waals surface area contributed by atoms with Gasteiger partial charge < -0.3 is 16.0 Å². The van der Waals surface area contributed by atoms with Gasteiger partial charge in [-0.15, -0.1) is 0 Å². The first kappa shape index (κ1) is 12.6. The van der Waals surface area contributed by atoms with Gasteiger partial charge in [-0.3, -0.25) is 4.79 Å². The molecule has 0 aromatic heterocycles. The number of nitrogens with one attached hydrogen (secondary N) is 1. The highest BCUT2D eigenvalue weighted by Gasteiger charge is 2.31. The number of carbonyl (C=O) groups is 2. The number of piperazine rings is 1. The van der Waals surface area contributed by atoms with Gasteiger partial charge in [0.05, 0.1) is 0 Å². The van der Waals surface area contributed by atoms with Gasteiger partial charge in [-0.25, -0.2) is 4.79 Å². The number of rotatable bonds is 2. The second-order valence-corrected chi connectivity index (χ2v) is 4.48. The van der Waals surface area contributed by atoms with E-state index in [2.05, 4.69) is 5.32 Å². The smallest absolute Gasteiger partial charge is 0.315 e. The first-order valence-corrected chi connectivity index (χ1v) is 5.97. The van der Waals surface area contributed by atoms with E-state index >= 15 is 0 Å². The van der Waals surface area contributed by atoms with Crippen LogP contribution in [0.3, 0.4) is 0 Å². The number of primary amides is 1. The Morgan fingerprint density at radius 2 is 2.00 bits per heavy atom. The van der Waals surface area contributed by atoms with Crippen molar-refractivity contribution in [1.82, 2.24) is 10.2 Å². The first-order chi connectivity index (χ1) is 8.59. The van der Waals surface area contributed by atoms with Gasteiger partial charge in [-0.1, -0.05) is 29.8 Å². The zero-order valence-corrected chi connectivity index (χ0v) is 10.3. The van der Waals surface area contributed by atoms with E-state index in [9.17, 15) is 9.59 Å². The number of hydrogen-bond donors (Lipinski definition) is 2. The maximum Gasteiger partial charge on any atom is 0.315 e. The second-order valence-electron chi connectivity index (χ2n) is 4.48. The van der Waals surface area contributed by atoms with Crippen molar-refractivity contribution in [2.45, 2.75) is 13.0 Å². The predicted molar refractivity (Wildman–Crippen MR) is 68.5 cm³/mol. The van der Waals surface area contributed by atoms with Gasteiger partial charge >= 0.3 is 6.03 Å². The number of amides is 2. The summed E-state index contributed by atoms with van der Waals surface area (Å²) in [5, 5.41) is 3.11. The third kappa shape index (κ3) is 2.51. The minimum absolute atomic E-state index is 0.0685. The van der Waals surface area contributed by atoms with Crippen LogP contribution in [0, 0.1) is 6.92 Å². The van der Waals surface area contributed by atoms with E-state index in [1.165, 1.54) is 4.90 Å². The van der Waals surface area contributed by atoms with Crippen LogP contribution in [0.15, 0.2) is 24.3 Å². The molecule has 3 N–H and O–H groups in total. The van der Waals surface area contributed by atoms with E-state index in [1.807, 2.05) is 19.1 Å². The lowest BCUT2D eigenvalue weighted by atomic mass is 10.0. The van der Waals surface area contributed by atoms with Crippen LogP contribution >= 0.6 is 0 Å². The van der Waals surface area contributed by atoms with E-state index in [0.29, 0.717) is 25.2 Å². The molecule has 1 aromatic carbocycles. The molecule has 1 fully saturated rings. The normalized spacial score (nSPS) is 19.6. The number of Topliss-reactive ketones (excluding diaryl/α,β-unsaturated/α-hetero) is 1. The Balaban J connectivity index is 2.20. The lowest BCUT2D eigenvalue weighted by molar-refractivity contribution is 0.0825. The molecule has 1 heterocycles. The first-order valence-electron chi connectivity index (χ1n) is 5.97. The maximum absolute atomic E-state index is 12.3. The molecule has 0 bridgehead atoms. The molecule has 2 amide bonds. The molecule has 5 heteroatoms. The fraction of sp³-hybridized carbons (Fsp3) is 0.385. The molecule has 1 aliphatic rings. The van der Waals surface area contributed by atoms with Crippen LogP contribution in [-0.4, -0.2) is 42.4 Å². The molecule has 1 aliphatic heterocycles. The van der Waals surface area contributed by atoms with Gasteiger partial charge in [0.2, 0.25) is 0 Å². The summed E-state index contributed by atoms with van der Waals surface area (Å²) in [6, 6.07) is 6.30. The largest absolute Gasteiger partial charge is 0.351 e. The monoisotopic (exact) mass is 247 g/mol. The lowest BCUT2D eigenvalue weighted by Gasteiger charge is -2.33. The van der Waals surface area contributed by atoms with Crippen LogP contribution in [-0.2, 0) is 0 Å². The van der Waals surface area contributed by atoms with Crippen molar-refractivity contribution < 1.29 is 9.59 Å². The number of nitrogens with two attached hydrogens (primary N) is 1. The van der Waals surface area contributed by atoms with Crippen molar-refractivity contribution in [3.05, 3.63) is 35.4 Å². The van der Waals surface area contributed by atoms with Crippen LogP contribution in [0.1, 0.15) is 15.9 Å². The molecule has 0 radical (unpaired) electrons. The molecule has 2 rings (SSSR count). The van der Waals surface area contributed by atoms with Crippen molar-refractivity contribution in [3.63, 3.8) is 0 Å². The number of ketones is 1. The standard InChI is InChI=1S/C13H17N3O2/c1-9-2-4-10(5-3-9)12(17)11-8-15-6-7-16(11)13(14)18/h2-5,11,15H,6-8H2,1H3,(H2,14,18). The van der Waals surface area contributed by atoms with Crippen LogP contribution in [0.25, 0.3) is 0 Å². The number of aryl methyl sites for hydroxylation is 1. The summed E-state index contributed by atoms with van der Waals surface area (Å²) in [7, 11) is 0. The Morgan fingerprint density at radius 3 is 2.61 bits per heavy atom. The number of urea groups is 1. The van der Waals surface area contributed by atoms with E-state index in [1.54, 1.807) is 12.1 Å². The summed E-state index contributed by atoms with van der Waals surface area (Å²) >= 11 is 0. The van der Waals surface area contributed by atoms with Crippen LogP contribution in [0.5, 0.6) is 0 Å². The Hall–Kier alpha value is -1.88. The summed E-state index contributed by atoms with van der Waals surface area (Å²) in [4.78, 5) is 25.1. The molecule has 96 valence electrons. The molecule has 0 spiro atoms. The second kappa shape index (κ2) is 5.18. The third-order valence-corrected chi connectivity index (χ3v) is 3.17. The van der Waals surface area contributed by atoms with Crippen LogP contribution < -0.4 is 11.1 Å². The maximum atomic E-state index is 12.3. The van der Waals surface area contributed by atoms with Gasteiger partial charge in [-0.05, 0) is 6.92 Å². The van der Waals surface area contributed by atoms with Gasteiger partial charge in [0.1, 0.15) is 6.04 Å². The van der Waals surface area contributed by atoms with E-state index in [-0.39, 0.29) is 5.78 Å². The molecule has 1 unspecified atom stereocenters. The molecular weight excluding hydrogens is 230 g/mol. The van der Waals surface area contributed by atoms with Crippen molar-refractivity contribution in [2.24, 2.45) is 5.73 Å². The molecule has 0 saturated carbocycles. The number of hydrogen-bond acceptors (Lipinski definition) is 3. The van der Waals surface area contributed by atoms with Crippen molar-refractivity contribution in [1.29, 1.82) is 0 Å². The fourth-order valence-corrected chi connectivity index (χ4v) is 2.11. The van der Waals surface area contributed by atoms with Gasteiger partial charge in [-0.2, -0.15) is 0 Å².